The van der Waals surface area contributed by atoms with Crippen LogP contribution >= 0.6 is 11.6 Å². The van der Waals surface area contributed by atoms with Gasteiger partial charge in [-0.15, -0.1) is 0 Å². The van der Waals surface area contributed by atoms with Crippen LogP contribution in [0.2, 0.25) is 5.15 Å². The molecule has 10 heteroatoms. The number of amides is 1. The molecule has 0 radical (unpaired) electrons. The Morgan fingerprint density at radius 1 is 1.11 bits per heavy atom. The first kappa shape index (κ1) is 25.2. The molecule has 1 atom stereocenters. The van der Waals surface area contributed by atoms with E-state index in [4.69, 9.17) is 11.6 Å². The molecule has 4 heterocycles. The number of nitrogens with zero attached hydrogens (tertiary/aromatic N) is 5. The second kappa shape index (κ2) is 9.78. The van der Waals surface area contributed by atoms with E-state index >= 15 is 0 Å². The molecule has 3 aromatic heterocycles. The predicted molar refractivity (Wildman–Crippen MR) is 144 cm³/mol. The molecule has 0 aromatic carbocycles. The van der Waals surface area contributed by atoms with E-state index < -0.39 is 11.6 Å². The Labute approximate surface area is 220 Å². The number of nitrogens with one attached hydrogen (secondary N) is 1. The summed E-state index contributed by atoms with van der Waals surface area (Å²) in [6, 6.07) is 7.18. The molecule has 1 saturated carbocycles. The first-order valence-electron chi connectivity index (χ1n) is 12.6. The van der Waals surface area contributed by atoms with Crippen molar-refractivity contribution >= 4 is 51.7 Å². The molecule has 1 saturated heterocycles. The number of halogens is 1. The van der Waals surface area contributed by atoms with Crippen LogP contribution in [0.15, 0.2) is 36.7 Å². The lowest BCUT2D eigenvalue weighted by molar-refractivity contribution is 0.0647. The summed E-state index contributed by atoms with van der Waals surface area (Å²) in [5.74, 6) is 0.874. The fourth-order valence-corrected chi connectivity index (χ4v) is 5.22. The zero-order valence-electron chi connectivity index (χ0n) is 21.2. The fourth-order valence-electron chi connectivity index (χ4n) is 5.08. The molecule has 3 aromatic rings. The Balaban J connectivity index is 1.40. The van der Waals surface area contributed by atoms with Crippen molar-refractivity contribution in [2.45, 2.75) is 58.0 Å². The van der Waals surface area contributed by atoms with E-state index in [1.54, 1.807) is 29.4 Å². The monoisotopic (exact) mass is 522 g/mol. The third kappa shape index (κ3) is 5.32. The number of carbonyl (C=O) groups is 2. The predicted octanol–water partition coefficient (Wildman–Crippen LogP) is 5.76. The minimum atomic E-state index is -0.901. The van der Waals surface area contributed by atoms with Crippen molar-refractivity contribution in [3.63, 3.8) is 0 Å². The third-order valence-corrected chi connectivity index (χ3v) is 7.13. The van der Waals surface area contributed by atoms with E-state index in [0.717, 1.165) is 38.0 Å². The average Bonchev–Trinajstić information content (AvgIpc) is 3.69. The molecule has 2 aliphatic rings. The number of piperidine rings is 1. The van der Waals surface area contributed by atoms with Crippen LogP contribution in [0.3, 0.4) is 0 Å². The van der Waals surface area contributed by atoms with E-state index in [2.05, 4.69) is 25.2 Å². The molecule has 37 heavy (non-hydrogen) atoms. The van der Waals surface area contributed by atoms with Gasteiger partial charge in [-0.3, -0.25) is 14.7 Å². The second-order valence-corrected chi connectivity index (χ2v) is 11.2. The molecule has 1 aliphatic heterocycles. The molecule has 194 valence electrons. The fraction of sp³-hybridized carbons (Fsp3) is 0.444. The average molecular weight is 523 g/mol. The highest BCUT2D eigenvalue weighted by Gasteiger charge is 2.36. The zero-order valence-corrected chi connectivity index (χ0v) is 22.0. The Hall–Kier alpha value is -3.46. The number of aromatic nitrogens is 3. The Bertz CT molecular complexity index is 1340. The van der Waals surface area contributed by atoms with Gasteiger partial charge in [-0.25, -0.2) is 14.8 Å². The summed E-state index contributed by atoms with van der Waals surface area (Å²) in [6.07, 6.45) is 5.92. The summed E-state index contributed by atoms with van der Waals surface area (Å²) in [6.45, 7) is 7.16. The van der Waals surface area contributed by atoms with E-state index in [9.17, 15) is 14.7 Å². The minimum absolute atomic E-state index is 0.0324. The van der Waals surface area contributed by atoms with Crippen LogP contribution in [0.25, 0.3) is 11.0 Å². The number of pyridine rings is 3. The van der Waals surface area contributed by atoms with Crippen LogP contribution in [-0.4, -0.2) is 61.5 Å². The van der Waals surface area contributed by atoms with Gasteiger partial charge in [0, 0.05) is 30.7 Å². The van der Waals surface area contributed by atoms with Crippen LogP contribution in [0.5, 0.6) is 0 Å². The molecule has 0 spiro atoms. The van der Waals surface area contributed by atoms with Gasteiger partial charge in [0.15, 0.2) is 5.78 Å². The van der Waals surface area contributed by atoms with E-state index in [1.165, 1.54) is 0 Å². The van der Waals surface area contributed by atoms with Gasteiger partial charge >= 0.3 is 6.09 Å². The molecule has 1 aliphatic carbocycles. The molecule has 5 rings (SSSR count). The number of carbonyl (C=O) groups excluding carboxylic acids is 1. The van der Waals surface area contributed by atoms with Crippen molar-refractivity contribution in [3.05, 3.63) is 47.4 Å². The van der Waals surface area contributed by atoms with Crippen LogP contribution in [0.1, 0.15) is 56.8 Å². The zero-order chi connectivity index (χ0) is 26.3. The van der Waals surface area contributed by atoms with E-state index in [1.807, 2.05) is 32.9 Å². The number of Topliss-reactive ketones (excluding diaryl/α,β-unsaturated/α-hetero) is 1. The lowest BCUT2D eigenvalue weighted by Crippen LogP contribution is -2.57. The number of fused-ring (bicyclic) bond motifs is 1. The number of hydrogen-bond acceptors (Lipinski definition) is 7. The van der Waals surface area contributed by atoms with Crippen LogP contribution in [0.4, 0.5) is 22.0 Å². The number of ketones is 1. The van der Waals surface area contributed by atoms with Crippen LogP contribution in [0, 0.1) is 5.92 Å². The first-order chi connectivity index (χ1) is 17.6. The highest BCUT2D eigenvalue weighted by atomic mass is 35.5. The largest absolute Gasteiger partial charge is 0.465 e. The summed E-state index contributed by atoms with van der Waals surface area (Å²) >= 11 is 6.18. The molecular formula is C27H31ClN6O3. The SMILES string of the molecule is CC(C)(C)N(C(=O)O)[C@@H]1CCCN(c2ccc(Nc3c(C(=O)C4CC4)cnc4ccc(Cl)nc34)cn2)C1. The molecule has 9 nitrogen and oxygen atoms in total. The summed E-state index contributed by atoms with van der Waals surface area (Å²) in [7, 11) is 0. The molecule has 2 N–H and O–H groups in total. The minimum Gasteiger partial charge on any atom is -0.465 e. The normalized spacial score (nSPS) is 18.1. The number of anilines is 3. The van der Waals surface area contributed by atoms with Gasteiger partial charge in [0.2, 0.25) is 0 Å². The maximum atomic E-state index is 13.0. The summed E-state index contributed by atoms with van der Waals surface area (Å²) in [5, 5.41) is 13.5. The van der Waals surface area contributed by atoms with Crippen LogP contribution < -0.4 is 10.2 Å². The van der Waals surface area contributed by atoms with Crippen molar-refractivity contribution < 1.29 is 14.7 Å². The third-order valence-electron chi connectivity index (χ3n) is 6.92. The van der Waals surface area contributed by atoms with Crippen molar-refractivity contribution in [3.8, 4) is 0 Å². The number of hydrogen-bond donors (Lipinski definition) is 2. The Kier molecular flexibility index (Phi) is 6.66. The maximum absolute atomic E-state index is 13.0. The Morgan fingerprint density at radius 3 is 2.54 bits per heavy atom. The highest BCUT2D eigenvalue weighted by Crippen LogP contribution is 2.37. The van der Waals surface area contributed by atoms with Gasteiger partial charge in [0.05, 0.1) is 34.7 Å². The van der Waals surface area contributed by atoms with Gasteiger partial charge in [-0.1, -0.05) is 11.6 Å². The first-order valence-corrected chi connectivity index (χ1v) is 13.0. The van der Waals surface area contributed by atoms with Gasteiger partial charge in [-0.2, -0.15) is 0 Å². The summed E-state index contributed by atoms with van der Waals surface area (Å²) < 4.78 is 0. The molecule has 1 amide bonds. The second-order valence-electron chi connectivity index (χ2n) is 10.8. The standard InChI is InChI=1S/C27H31ClN6O3/c1-27(2,3)34(26(36)37)18-5-4-12-33(15-18)22-11-8-17(13-30-22)31-23-19(25(35)16-6-7-16)14-29-20-9-10-21(28)32-24(20)23/h8-11,13-14,16,18H,4-7,12,15H2,1-3H3,(H,29,31)(H,36,37)/t18-/m1/s1. The summed E-state index contributed by atoms with van der Waals surface area (Å²) in [4.78, 5) is 42.2. The summed E-state index contributed by atoms with van der Waals surface area (Å²) in [5.41, 5.74) is 2.49. The number of rotatable bonds is 6. The highest BCUT2D eigenvalue weighted by molar-refractivity contribution is 6.30. The topological polar surface area (TPSA) is 112 Å². The number of carboxylic acid groups (broad SMARTS) is 1. The van der Waals surface area contributed by atoms with Crippen LogP contribution in [-0.2, 0) is 0 Å². The van der Waals surface area contributed by atoms with Crippen molar-refractivity contribution in [1.29, 1.82) is 0 Å². The van der Waals surface area contributed by atoms with E-state index in [0.29, 0.717) is 39.7 Å². The van der Waals surface area contributed by atoms with Crippen molar-refractivity contribution in [2.24, 2.45) is 5.92 Å². The molecule has 2 fully saturated rings. The molecule has 0 bridgehead atoms. The van der Waals surface area contributed by atoms with Crippen molar-refractivity contribution in [2.75, 3.05) is 23.3 Å². The van der Waals surface area contributed by atoms with Gasteiger partial charge in [0.1, 0.15) is 16.5 Å². The van der Waals surface area contributed by atoms with Crippen molar-refractivity contribution in [1.82, 2.24) is 19.9 Å². The van der Waals surface area contributed by atoms with Gasteiger partial charge in [-0.05, 0) is 70.7 Å². The van der Waals surface area contributed by atoms with Gasteiger partial charge < -0.3 is 15.3 Å². The van der Waals surface area contributed by atoms with Gasteiger partial charge in [0.25, 0.3) is 0 Å². The Morgan fingerprint density at radius 2 is 1.89 bits per heavy atom. The maximum Gasteiger partial charge on any atom is 0.408 e. The quantitative estimate of drug-likeness (QED) is 0.310. The smallest absolute Gasteiger partial charge is 0.408 e. The molecule has 0 unspecified atom stereocenters. The van der Waals surface area contributed by atoms with E-state index in [-0.39, 0.29) is 17.7 Å². The lowest BCUT2D eigenvalue weighted by atomic mass is 9.97. The lowest BCUT2D eigenvalue weighted by Gasteiger charge is -2.44. The molecular weight excluding hydrogens is 492 g/mol.